The van der Waals surface area contributed by atoms with Crippen molar-refractivity contribution in [3.05, 3.63) is 95.1 Å². The summed E-state index contributed by atoms with van der Waals surface area (Å²) in [5, 5.41) is 0. The highest BCUT2D eigenvalue weighted by Crippen LogP contribution is 2.32. The van der Waals surface area contributed by atoms with Crippen LogP contribution >= 0.6 is 0 Å². The van der Waals surface area contributed by atoms with Crippen molar-refractivity contribution in [1.82, 2.24) is 0 Å². The van der Waals surface area contributed by atoms with Gasteiger partial charge in [-0.1, -0.05) is 24.3 Å². The Morgan fingerprint density at radius 3 is 2.02 bits per heavy atom. The van der Waals surface area contributed by atoms with Gasteiger partial charge in [0.1, 0.15) is 5.75 Å². The molecule has 12 heteroatoms. The molecular formula is C30H29F5N2O5. The predicted octanol–water partition coefficient (Wildman–Crippen LogP) is 6.67. The van der Waals surface area contributed by atoms with Gasteiger partial charge in [0.25, 0.3) is 0 Å². The highest BCUT2D eigenvalue weighted by Gasteiger charge is 2.34. The molecule has 3 aromatic rings. The number of carbonyl (C=O) groups excluding carboxylic acids is 2. The van der Waals surface area contributed by atoms with E-state index >= 15 is 0 Å². The summed E-state index contributed by atoms with van der Waals surface area (Å²) in [6.07, 6.45) is -6.06. The maximum absolute atomic E-state index is 14.6. The van der Waals surface area contributed by atoms with E-state index in [2.05, 4.69) is 0 Å². The average molecular weight is 593 g/mol. The van der Waals surface area contributed by atoms with Gasteiger partial charge in [-0.15, -0.1) is 0 Å². The molecule has 42 heavy (non-hydrogen) atoms. The van der Waals surface area contributed by atoms with Crippen molar-refractivity contribution in [3.63, 3.8) is 0 Å². The summed E-state index contributed by atoms with van der Waals surface area (Å²) >= 11 is 0. The molecule has 3 aromatic carbocycles. The van der Waals surface area contributed by atoms with Gasteiger partial charge in [-0.3, -0.25) is 0 Å². The van der Waals surface area contributed by atoms with E-state index in [1.54, 1.807) is 0 Å². The quantitative estimate of drug-likeness (QED) is 0.0750. The number of aryl methyl sites for hydroxylation is 1. The van der Waals surface area contributed by atoms with E-state index in [1.807, 2.05) is 0 Å². The minimum absolute atomic E-state index is 0.00271. The number of benzene rings is 3. The number of anilines is 2. The van der Waals surface area contributed by atoms with Crippen molar-refractivity contribution in [3.8, 4) is 5.75 Å². The maximum atomic E-state index is 14.6. The Hall–Kier alpha value is -4.61. The van der Waals surface area contributed by atoms with Crippen LogP contribution in [0.5, 0.6) is 5.75 Å². The molecule has 0 unspecified atom stereocenters. The average Bonchev–Trinajstić information content (AvgIpc) is 2.91. The van der Waals surface area contributed by atoms with Crippen LogP contribution in [0.4, 0.5) is 33.3 Å². The molecule has 4 N–H and O–H groups in total. The predicted molar refractivity (Wildman–Crippen MR) is 147 cm³/mol. The third kappa shape index (κ3) is 10.8. The van der Waals surface area contributed by atoms with Gasteiger partial charge in [-0.2, -0.15) is 22.0 Å². The van der Waals surface area contributed by atoms with Crippen LogP contribution in [-0.2, 0) is 26.8 Å². The van der Waals surface area contributed by atoms with Gasteiger partial charge in [0, 0.05) is 30.3 Å². The Morgan fingerprint density at radius 1 is 0.786 bits per heavy atom. The van der Waals surface area contributed by atoms with Crippen molar-refractivity contribution in [1.29, 1.82) is 0 Å². The monoisotopic (exact) mass is 592 g/mol. The molecule has 224 valence electrons. The van der Waals surface area contributed by atoms with Gasteiger partial charge in [0.2, 0.25) is 0 Å². The van der Waals surface area contributed by atoms with Crippen molar-refractivity contribution in [2.75, 3.05) is 24.7 Å². The van der Waals surface area contributed by atoms with Crippen LogP contribution in [-0.4, -0.2) is 31.3 Å². The van der Waals surface area contributed by atoms with Gasteiger partial charge in [0.15, 0.2) is 0 Å². The van der Waals surface area contributed by atoms with E-state index in [-0.39, 0.29) is 43.8 Å². The lowest BCUT2D eigenvalue weighted by Crippen LogP contribution is -2.21. The minimum Gasteiger partial charge on any atom is -0.462 e. The number of nitrogens with two attached hydrogens (primary N) is 2. The number of rotatable bonds is 13. The fourth-order valence-electron chi connectivity index (χ4n) is 3.70. The number of carbonyl (C=O) groups is 2. The Bertz CT molecular complexity index is 1350. The van der Waals surface area contributed by atoms with Crippen LogP contribution in [0.1, 0.15) is 46.3 Å². The van der Waals surface area contributed by atoms with Gasteiger partial charge < -0.3 is 25.7 Å². The van der Waals surface area contributed by atoms with Gasteiger partial charge in [0.05, 0.1) is 24.3 Å². The number of hydrogen-bond donors (Lipinski definition) is 2. The summed E-state index contributed by atoms with van der Waals surface area (Å²) in [5.74, 6) is -1.40. The lowest BCUT2D eigenvalue weighted by Gasteiger charge is -2.18. The molecule has 0 saturated heterocycles. The van der Waals surface area contributed by atoms with Gasteiger partial charge >= 0.3 is 24.2 Å². The third-order valence-corrected chi connectivity index (χ3v) is 5.73. The molecule has 0 amide bonds. The zero-order valence-electron chi connectivity index (χ0n) is 22.3. The first-order valence-electron chi connectivity index (χ1n) is 12.8. The van der Waals surface area contributed by atoms with E-state index in [9.17, 15) is 31.5 Å². The van der Waals surface area contributed by atoms with E-state index in [4.69, 9.17) is 25.7 Å². The third-order valence-electron chi connectivity index (χ3n) is 5.73. The zero-order valence-corrected chi connectivity index (χ0v) is 22.3. The van der Waals surface area contributed by atoms with Crippen LogP contribution in [0.15, 0.2) is 72.8 Å². The van der Waals surface area contributed by atoms with Gasteiger partial charge in [-0.25, -0.2) is 9.59 Å². The Balaban J connectivity index is 1.40. The Kier molecular flexibility index (Phi) is 10.9. The van der Waals surface area contributed by atoms with E-state index in [0.29, 0.717) is 22.5 Å². The molecule has 0 aliphatic heterocycles. The van der Waals surface area contributed by atoms with Crippen molar-refractivity contribution >= 4 is 29.4 Å². The van der Waals surface area contributed by atoms with Gasteiger partial charge in [-0.05, 0) is 72.5 Å². The SMILES string of the molecule is Nc1cc(N)cc(C(=O)OCCCOC(=O)/C=C/c2ccc(OC(F)(F)c3ccc(CCCC(F)(F)F)cc3)cc2)c1. The lowest BCUT2D eigenvalue weighted by molar-refractivity contribution is -0.185. The van der Waals surface area contributed by atoms with E-state index < -0.39 is 36.2 Å². The molecule has 0 fully saturated rings. The molecule has 7 nitrogen and oxygen atoms in total. The highest BCUT2D eigenvalue weighted by atomic mass is 19.4. The number of esters is 2. The van der Waals surface area contributed by atoms with Crippen molar-refractivity contribution in [2.24, 2.45) is 0 Å². The molecule has 0 bridgehead atoms. The van der Waals surface area contributed by atoms with Crippen molar-refractivity contribution < 1.29 is 45.8 Å². The molecule has 0 spiro atoms. The summed E-state index contributed by atoms with van der Waals surface area (Å²) in [7, 11) is 0. The molecule has 0 atom stereocenters. The molecule has 0 saturated carbocycles. The zero-order chi connectivity index (χ0) is 30.8. The smallest absolute Gasteiger partial charge is 0.426 e. The van der Waals surface area contributed by atoms with E-state index in [0.717, 1.165) is 18.2 Å². The lowest BCUT2D eigenvalue weighted by atomic mass is 10.1. The summed E-state index contributed by atoms with van der Waals surface area (Å²) in [6.45, 7) is -0.00531. The topological polar surface area (TPSA) is 114 Å². The summed E-state index contributed by atoms with van der Waals surface area (Å²) in [4.78, 5) is 23.9. The second-order valence-corrected chi connectivity index (χ2v) is 9.23. The number of ether oxygens (including phenoxy) is 3. The maximum Gasteiger partial charge on any atom is 0.426 e. The summed E-state index contributed by atoms with van der Waals surface area (Å²) < 4.78 is 81.0. The fraction of sp³-hybridized carbons (Fsp3) is 0.267. The number of nitrogen functional groups attached to an aromatic ring is 2. The van der Waals surface area contributed by atoms with Crippen LogP contribution in [0.25, 0.3) is 6.08 Å². The number of alkyl halides is 5. The Labute approximate surface area is 238 Å². The van der Waals surface area contributed by atoms with E-state index in [1.165, 1.54) is 60.7 Å². The normalized spacial score (nSPS) is 11.8. The highest BCUT2D eigenvalue weighted by molar-refractivity contribution is 5.91. The first kappa shape index (κ1) is 31.9. The summed E-state index contributed by atoms with van der Waals surface area (Å²) in [6, 6.07) is 14.8. The van der Waals surface area contributed by atoms with Crippen LogP contribution < -0.4 is 16.2 Å². The second kappa shape index (κ2) is 14.3. The minimum atomic E-state index is -4.26. The molecular weight excluding hydrogens is 563 g/mol. The Morgan fingerprint density at radius 2 is 1.40 bits per heavy atom. The molecule has 3 rings (SSSR count). The van der Waals surface area contributed by atoms with Crippen LogP contribution in [0.3, 0.4) is 0 Å². The first-order valence-corrected chi connectivity index (χ1v) is 12.8. The number of hydrogen-bond acceptors (Lipinski definition) is 7. The van der Waals surface area contributed by atoms with Crippen LogP contribution in [0, 0.1) is 0 Å². The van der Waals surface area contributed by atoms with Crippen LogP contribution in [0.2, 0.25) is 0 Å². The first-order chi connectivity index (χ1) is 19.8. The fourth-order valence-corrected chi connectivity index (χ4v) is 3.70. The summed E-state index contributed by atoms with van der Waals surface area (Å²) in [5.41, 5.74) is 12.7. The molecule has 0 radical (unpaired) electrons. The largest absolute Gasteiger partial charge is 0.462 e. The molecule has 0 aromatic heterocycles. The molecule has 0 aliphatic rings. The van der Waals surface area contributed by atoms with Crippen molar-refractivity contribution in [2.45, 2.75) is 38.0 Å². The number of halogens is 5. The second-order valence-electron chi connectivity index (χ2n) is 9.23. The molecule has 0 aliphatic carbocycles. The molecule has 0 heterocycles. The standard InChI is InChI=1S/C30H29F5N2O5/c31-29(32,33)14-1-3-20-4-9-23(10-5-20)30(34,35)42-26-11-6-21(7-12-26)8-13-27(38)40-15-2-16-41-28(39)22-17-24(36)19-25(37)18-22/h4-13,17-19H,1-3,14-16,36-37H2/b13-8+.